The first-order chi connectivity index (χ1) is 8.59. The molecule has 2 nitrogen and oxygen atoms in total. The van der Waals surface area contributed by atoms with Gasteiger partial charge in [-0.3, -0.25) is 0 Å². The average molecular weight is 241 g/mol. The standard InChI is InChI=1S/C16H19NO/c1-12(18)8-9-13-10-11-16(17(2)3)15-7-5-4-6-14(13)15/h4-7,10-11H,8-9H2,1-3H3. The van der Waals surface area contributed by atoms with Crippen molar-refractivity contribution in [3.8, 4) is 0 Å². The maximum atomic E-state index is 11.1. The molecular formula is C16H19NO. The maximum absolute atomic E-state index is 11.1. The van der Waals surface area contributed by atoms with Crippen molar-refractivity contribution in [2.75, 3.05) is 19.0 Å². The van der Waals surface area contributed by atoms with Crippen molar-refractivity contribution < 1.29 is 4.79 Å². The second kappa shape index (κ2) is 5.21. The number of benzene rings is 2. The molecule has 2 rings (SSSR count). The normalized spacial score (nSPS) is 10.6. The first-order valence-electron chi connectivity index (χ1n) is 6.27. The first-order valence-corrected chi connectivity index (χ1v) is 6.27. The van der Waals surface area contributed by atoms with Crippen LogP contribution in [0.2, 0.25) is 0 Å². The highest BCUT2D eigenvalue weighted by Crippen LogP contribution is 2.29. The third-order valence-corrected chi connectivity index (χ3v) is 3.22. The minimum atomic E-state index is 0.246. The van der Waals surface area contributed by atoms with Gasteiger partial charge in [0.25, 0.3) is 0 Å². The molecule has 18 heavy (non-hydrogen) atoms. The Balaban J connectivity index is 2.50. The number of carbonyl (C=O) groups is 1. The summed E-state index contributed by atoms with van der Waals surface area (Å²) >= 11 is 0. The zero-order valence-corrected chi connectivity index (χ0v) is 11.2. The summed E-state index contributed by atoms with van der Waals surface area (Å²) in [4.78, 5) is 13.2. The molecule has 2 aromatic carbocycles. The maximum Gasteiger partial charge on any atom is 0.130 e. The van der Waals surface area contributed by atoms with Crippen LogP contribution in [-0.4, -0.2) is 19.9 Å². The Morgan fingerprint density at radius 3 is 2.33 bits per heavy atom. The number of rotatable bonds is 4. The van der Waals surface area contributed by atoms with Crippen molar-refractivity contribution in [3.63, 3.8) is 0 Å². The summed E-state index contributed by atoms with van der Waals surface area (Å²) in [6.07, 6.45) is 1.44. The van der Waals surface area contributed by atoms with Crippen LogP contribution in [0.4, 0.5) is 5.69 Å². The van der Waals surface area contributed by atoms with Crippen LogP contribution in [0.3, 0.4) is 0 Å². The number of carbonyl (C=O) groups excluding carboxylic acids is 1. The van der Waals surface area contributed by atoms with E-state index in [1.54, 1.807) is 6.92 Å². The molecule has 0 aliphatic carbocycles. The highest BCUT2D eigenvalue weighted by atomic mass is 16.1. The van der Waals surface area contributed by atoms with E-state index in [2.05, 4.69) is 55.4 Å². The molecule has 0 aromatic heterocycles. The largest absolute Gasteiger partial charge is 0.377 e. The summed E-state index contributed by atoms with van der Waals surface area (Å²) in [5, 5.41) is 2.51. The fraction of sp³-hybridized carbons (Fsp3) is 0.312. The number of ketones is 1. The molecular weight excluding hydrogens is 222 g/mol. The van der Waals surface area contributed by atoms with E-state index in [1.165, 1.54) is 22.0 Å². The van der Waals surface area contributed by atoms with Gasteiger partial charge in [-0.15, -0.1) is 0 Å². The van der Waals surface area contributed by atoms with E-state index in [4.69, 9.17) is 0 Å². The van der Waals surface area contributed by atoms with E-state index in [0.717, 1.165) is 6.42 Å². The summed E-state index contributed by atoms with van der Waals surface area (Å²) in [5.41, 5.74) is 2.48. The number of anilines is 1. The molecule has 2 heteroatoms. The van der Waals surface area contributed by atoms with E-state index in [9.17, 15) is 4.79 Å². The van der Waals surface area contributed by atoms with Crippen LogP contribution in [0.5, 0.6) is 0 Å². The van der Waals surface area contributed by atoms with E-state index in [1.807, 2.05) is 0 Å². The first kappa shape index (κ1) is 12.6. The molecule has 0 aliphatic heterocycles. The predicted molar refractivity (Wildman–Crippen MR) is 77.3 cm³/mol. The molecule has 94 valence electrons. The van der Waals surface area contributed by atoms with Gasteiger partial charge in [-0.25, -0.2) is 0 Å². The van der Waals surface area contributed by atoms with Gasteiger partial charge in [0.1, 0.15) is 5.78 Å². The van der Waals surface area contributed by atoms with Crippen molar-refractivity contribution in [1.29, 1.82) is 0 Å². The second-order valence-corrected chi connectivity index (χ2v) is 4.89. The van der Waals surface area contributed by atoms with Crippen molar-refractivity contribution >= 4 is 22.2 Å². The molecule has 0 heterocycles. The van der Waals surface area contributed by atoms with E-state index in [-0.39, 0.29) is 5.78 Å². The molecule has 0 spiro atoms. The van der Waals surface area contributed by atoms with Gasteiger partial charge in [0.05, 0.1) is 0 Å². The molecule has 0 atom stereocenters. The number of nitrogens with zero attached hydrogens (tertiary/aromatic N) is 1. The molecule has 0 radical (unpaired) electrons. The smallest absolute Gasteiger partial charge is 0.130 e. The van der Waals surface area contributed by atoms with E-state index in [0.29, 0.717) is 6.42 Å². The van der Waals surface area contributed by atoms with E-state index < -0.39 is 0 Å². The van der Waals surface area contributed by atoms with Crippen LogP contribution in [0.1, 0.15) is 18.9 Å². The lowest BCUT2D eigenvalue weighted by atomic mass is 9.98. The van der Waals surface area contributed by atoms with Gasteiger partial charge in [0.15, 0.2) is 0 Å². The Morgan fingerprint density at radius 2 is 1.72 bits per heavy atom. The van der Waals surface area contributed by atoms with Gasteiger partial charge >= 0.3 is 0 Å². The van der Waals surface area contributed by atoms with Gasteiger partial charge in [-0.2, -0.15) is 0 Å². The van der Waals surface area contributed by atoms with Crippen molar-refractivity contribution in [2.24, 2.45) is 0 Å². The lowest BCUT2D eigenvalue weighted by Gasteiger charge is -2.17. The lowest BCUT2D eigenvalue weighted by molar-refractivity contribution is -0.116. The van der Waals surface area contributed by atoms with Gasteiger partial charge < -0.3 is 9.69 Å². The third kappa shape index (κ3) is 2.53. The SMILES string of the molecule is CC(=O)CCc1ccc(N(C)C)c2ccccc12. The second-order valence-electron chi connectivity index (χ2n) is 4.89. The number of hydrogen-bond donors (Lipinski definition) is 0. The number of hydrogen-bond acceptors (Lipinski definition) is 2. The quantitative estimate of drug-likeness (QED) is 0.817. The zero-order chi connectivity index (χ0) is 13.1. The monoisotopic (exact) mass is 241 g/mol. The summed E-state index contributed by atoms with van der Waals surface area (Å²) in [7, 11) is 4.11. The van der Waals surface area contributed by atoms with Crippen LogP contribution in [0.15, 0.2) is 36.4 Å². The van der Waals surface area contributed by atoms with Crippen molar-refractivity contribution in [2.45, 2.75) is 19.8 Å². The highest BCUT2D eigenvalue weighted by Gasteiger charge is 2.07. The summed E-state index contributed by atoms with van der Waals surface area (Å²) in [6, 6.07) is 12.7. The van der Waals surface area contributed by atoms with Crippen molar-refractivity contribution in [1.82, 2.24) is 0 Å². The molecule has 0 aliphatic rings. The fourth-order valence-electron chi connectivity index (χ4n) is 2.26. The summed E-state index contributed by atoms with van der Waals surface area (Å²) in [5.74, 6) is 0.246. The Hall–Kier alpha value is -1.83. The lowest BCUT2D eigenvalue weighted by Crippen LogP contribution is -2.09. The molecule has 0 saturated heterocycles. The number of Topliss-reactive ketones (excluding diaryl/α,β-unsaturated/α-hetero) is 1. The molecule has 2 aromatic rings. The van der Waals surface area contributed by atoms with Crippen LogP contribution in [-0.2, 0) is 11.2 Å². The van der Waals surface area contributed by atoms with Crippen molar-refractivity contribution in [3.05, 3.63) is 42.0 Å². The van der Waals surface area contributed by atoms with Crippen LogP contribution in [0.25, 0.3) is 10.8 Å². The van der Waals surface area contributed by atoms with Crippen LogP contribution >= 0.6 is 0 Å². The minimum Gasteiger partial charge on any atom is -0.377 e. The van der Waals surface area contributed by atoms with Gasteiger partial charge in [0, 0.05) is 31.6 Å². The molecule has 0 bridgehead atoms. The molecule has 0 saturated carbocycles. The zero-order valence-electron chi connectivity index (χ0n) is 11.2. The molecule has 0 N–H and O–H groups in total. The average Bonchev–Trinajstić information content (AvgIpc) is 2.35. The third-order valence-electron chi connectivity index (χ3n) is 3.22. The molecule has 0 unspecified atom stereocenters. The summed E-state index contributed by atoms with van der Waals surface area (Å²) in [6.45, 7) is 1.65. The van der Waals surface area contributed by atoms with Crippen LogP contribution < -0.4 is 4.90 Å². The highest BCUT2D eigenvalue weighted by molar-refractivity contribution is 5.96. The van der Waals surface area contributed by atoms with Gasteiger partial charge in [-0.05, 0) is 30.4 Å². The summed E-state index contributed by atoms with van der Waals surface area (Å²) < 4.78 is 0. The number of fused-ring (bicyclic) bond motifs is 1. The molecule has 0 amide bonds. The predicted octanol–water partition coefficient (Wildman–Crippen LogP) is 3.43. The Labute approximate surface area is 108 Å². The minimum absolute atomic E-state index is 0.246. The molecule has 0 fully saturated rings. The Morgan fingerprint density at radius 1 is 1.06 bits per heavy atom. The topological polar surface area (TPSA) is 20.3 Å². The van der Waals surface area contributed by atoms with Gasteiger partial charge in [-0.1, -0.05) is 30.3 Å². The fourth-order valence-corrected chi connectivity index (χ4v) is 2.26. The van der Waals surface area contributed by atoms with E-state index >= 15 is 0 Å². The number of aryl methyl sites for hydroxylation is 1. The van der Waals surface area contributed by atoms with Crippen LogP contribution in [0, 0.1) is 0 Å². The Bertz CT molecular complexity index is 572. The van der Waals surface area contributed by atoms with Gasteiger partial charge in [0.2, 0.25) is 0 Å². The Kier molecular flexibility index (Phi) is 3.66.